The summed E-state index contributed by atoms with van der Waals surface area (Å²) in [5, 5.41) is 23.6. The number of aliphatic hydroxyl groups excluding tert-OH is 1. The highest BCUT2D eigenvalue weighted by molar-refractivity contribution is 5.54. The van der Waals surface area contributed by atoms with Gasteiger partial charge in [0.2, 0.25) is 11.6 Å². The van der Waals surface area contributed by atoms with Crippen LogP contribution in [0.5, 0.6) is 0 Å². The lowest BCUT2D eigenvalue weighted by Crippen LogP contribution is -2.35. The van der Waals surface area contributed by atoms with Gasteiger partial charge >= 0.3 is 5.82 Å². The highest BCUT2D eigenvalue weighted by Gasteiger charge is 2.30. The van der Waals surface area contributed by atoms with E-state index in [1.54, 1.807) is 18.5 Å². The Kier molecular flexibility index (Phi) is 4.04. The molecule has 0 radical (unpaired) electrons. The van der Waals surface area contributed by atoms with Gasteiger partial charge in [-0.2, -0.15) is 0 Å². The van der Waals surface area contributed by atoms with Gasteiger partial charge in [0.25, 0.3) is 0 Å². The summed E-state index contributed by atoms with van der Waals surface area (Å²) in [5.41, 5.74) is 0. The topological polar surface area (TPSA) is 93.2 Å². The van der Waals surface area contributed by atoms with Crippen molar-refractivity contribution in [3.8, 4) is 0 Å². The normalized spacial score (nSPS) is 23.3. The summed E-state index contributed by atoms with van der Waals surface area (Å²) in [6, 6.07) is 0.0762. The summed E-state index contributed by atoms with van der Waals surface area (Å²) in [6.07, 6.45) is 4.07. The zero-order valence-corrected chi connectivity index (χ0v) is 11.3. The van der Waals surface area contributed by atoms with Crippen LogP contribution in [-0.2, 0) is 7.05 Å². The summed E-state index contributed by atoms with van der Waals surface area (Å²) in [5.74, 6) is 1.06. The van der Waals surface area contributed by atoms with Crippen molar-refractivity contribution in [1.82, 2.24) is 9.55 Å². The van der Waals surface area contributed by atoms with Gasteiger partial charge in [0, 0.05) is 32.5 Å². The number of aromatic nitrogens is 2. The highest BCUT2D eigenvalue weighted by Crippen LogP contribution is 2.30. The Hall–Kier alpha value is -1.63. The molecule has 2 atom stereocenters. The lowest BCUT2D eigenvalue weighted by molar-refractivity contribution is -0.388. The average Bonchev–Trinajstić information content (AvgIpc) is 2.68. The van der Waals surface area contributed by atoms with E-state index in [-0.39, 0.29) is 24.4 Å². The minimum atomic E-state index is -0.466. The third kappa shape index (κ3) is 2.70. The SMILES string of the molecule is Cc1nc([N+](=O)[O-])c(NC2CCCCC2CO)n1C. The molecular weight excluding hydrogens is 248 g/mol. The molecular formula is C12H20N4O3. The number of nitrogens with one attached hydrogen (secondary N) is 1. The third-order valence-corrected chi connectivity index (χ3v) is 3.94. The van der Waals surface area contributed by atoms with Crippen LogP contribution in [0.15, 0.2) is 0 Å². The second-order valence-electron chi connectivity index (χ2n) is 5.13. The van der Waals surface area contributed by atoms with Crippen molar-refractivity contribution in [2.75, 3.05) is 11.9 Å². The van der Waals surface area contributed by atoms with Gasteiger partial charge in [0.05, 0.1) is 0 Å². The molecule has 1 aromatic heterocycles. The number of anilines is 1. The zero-order valence-electron chi connectivity index (χ0n) is 11.3. The fourth-order valence-electron chi connectivity index (χ4n) is 2.67. The van der Waals surface area contributed by atoms with E-state index in [1.165, 1.54) is 0 Å². The van der Waals surface area contributed by atoms with E-state index in [4.69, 9.17) is 0 Å². The monoisotopic (exact) mass is 268 g/mol. The Labute approximate surface area is 111 Å². The van der Waals surface area contributed by atoms with Crippen LogP contribution in [0.25, 0.3) is 0 Å². The molecule has 0 amide bonds. The van der Waals surface area contributed by atoms with E-state index in [1.807, 2.05) is 0 Å². The first-order valence-corrected chi connectivity index (χ1v) is 6.59. The van der Waals surface area contributed by atoms with Gasteiger partial charge in [-0.15, -0.1) is 0 Å². The molecule has 1 fully saturated rings. The molecule has 1 heterocycles. The first-order valence-electron chi connectivity index (χ1n) is 6.59. The summed E-state index contributed by atoms with van der Waals surface area (Å²) in [6.45, 7) is 1.85. The Morgan fingerprint density at radius 2 is 2.21 bits per heavy atom. The lowest BCUT2D eigenvalue weighted by atomic mass is 9.85. The largest absolute Gasteiger partial charge is 0.406 e. The Balaban J connectivity index is 2.24. The molecule has 1 aliphatic rings. The fraction of sp³-hybridized carbons (Fsp3) is 0.750. The standard InChI is InChI=1S/C12H20N4O3/c1-8-13-12(16(18)19)11(15(8)2)14-10-6-4-3-5-9(10)7-17/h9-10,14,17H,3-7H2,1-2H3. The van der Waals surface area contributed by atoms with Crippen LogP contribution in [0.2, 0.25) is 0 Å². The minimum Gasteiger partial charge on any atom is -0.396 e. The maximum atomic E-state index is 11.0. The second-order valence-corrected chi connectivity index (χ2v) is 5.13. The Morgan fingerprint density at radius 1 is 1.53 bits per heavy atom. The first kappa shape index (κ1) is 13.8. The molecule has 19 heavy (non-hydrogen) atoms. The van der Waals surface area contributed by atoms with Gasteiger partial charge in [-0.05, 0) is 22.7 Å². The van der Waals surface area contributed by atoms with E-state index >= 15 is 0 Å². The minimum absolute atomic E-state index is 0.0762. The van der Waals surface area contributed by atoms with E-state index in [0.29, 0.717) is 11.6 Å². The smallest absolute Gasteiger partial charge is 0.396 e. The molecule has 106 valence electrons. The Bertz CT molecular complexity index is 472. The number of hydrogen-bond acceptors (Lipinski definition) is 5. The van der Waals surface area contributed by atoms with Crippen molar-refractivity contribution >= 4 is 11.6 Å². The predicted octanol–water partition coefficient (Wildman–Crippen LogP) is 1.60. The molecule has 0 spiro atoms. The molecule has 2 rings (SSSR count). The maximum Gasteiger partial charge on any atom is 0.406 e. The van der Waals surface area contributed by atoms with Crippen molar-refractivity contribution in [3.05, 3.63) is 15.9 Å². The van der Waals surface area contributed by atoms with E-state index < -0.39 is 4.92 Å². The van der Waals surface area contributed by atoms with E-state index in [0.717, 1.165) is 25.7 Å². The average molecular weight is 268 g/mol. The lowest BCUT2D eigenvalue weighted by Gasteiger charge is -2.31. The van der Waals surface area contributed by atoms with Gasteiger partial charge < -0.3 is 20.5 Å². The number of aliphatic hydroxyl groups is 1. The molecule has 1 saturated carbocycles. The molecule has 7 nitrogen and oxygen atoms in total. The molecule has 7 heteroatoms. The quantitative estimate of drug-likeness (QED) is 0.639. The molecule has 1 aromatic rings. The van der Waals surface area contributed by atoms with Crippen molar-refractivity contribution in [2.24, 2.45) is 13.0 Å². The second kappa shape index (κ2) is 5.56. The highest BCUT2D eigenvalue weighted by atomic mass is 16.6. The molecule has 0 saturated heterocycles. The number of hydrogen-bond donors (Lipinski definition) is 2. The molecule has 2 unspecified atom stereocenters. The van der Waals surface area contributed by atoms with Crippen LogP contribution in [0.1, 0.15) is 31.5 Å². The van der Waals surface area contributed by atoms with Gasteiger partial charge in [-0.3, -0.25) is 4.57 Å². The molecule has 0 aromatic carbocycles. The zero-order chi connectivity index (χ0) is 14.0. The van der Waals surface area contributed by atoms with Gasteiger partial charge in [-0.25, -0.2) is 0 Å². The number of nitro groups is 1. The fourth-order valence-corrected chi connectivity index (χ4v) is 2.67. The molecule has 1 aliphatic carbocycles. The van der Waals surface area contributed by atoms with E-state index in [2.05, 4.69) is 10.3 Å². The predicted molar refractivity (Wildman–Crippen MR) is 71.1 cm³/mol. The van der Waals surface area contributed by atoms with Gasteiger partial charge in [-0.1, -0.05) is 12.8 Å². The van der Waals surface area contributed by atoms with Crippen LogP contribution >= 0.6 is 0 Å². The van der Waals surface area contributed by atoms with Gasteiger partial charge in [0.15, 0.2) is 0 Å². The summed E-state index contributed by atoms with van der Waals surface area (Å²) >= 11 is 0. The molecule has 2 N–H and O–H groups in total. The molecule has 0 aliphatic heterocycles. The molecule has 0 bridgehead atoms. The van der Waals surface area contributed by atoms with Crippen molar-refractivity contribution < 1.29 is 10.0 Å². The van der Waals surface area contributed by atoms with Crippen LogP contribution in [0.3, 0.4) is 0 Å². The third-order valence-electron chi connectivity index (χ3n) is 3.94. The van der Waals surface area contributed by atoms with Gasteiger partial charge in [0.1, 0.15) is 0 Å². The van der Waals surface area contributed by atoms with Crippen molar-refractivity contribution in [3.63, 3.8) is 0 Å². The first-order chi connectivity index (χ1) is 9.04. The van der Waals surface area contributed by atoms with Crippen LogP contribution in [-0.4, -0.2) is 32.2 Å². The van der Waals surface area contributed by atoms with E-state index in [9.17, 15) is 15.2 Å². The van der Waals surface area contributed by atoms with Crippen LogP contribution in [0.4, 0.5) is 11.6 Å². The Morgan fingerprint density at radius 3 is 2.84 bits per heavy atom. The van der Waals surface area contributed by atoms with Crippen molar-refractivity contribution in [1.29, 1.82) is 0 Å². The number of aryl methyl sites for hydroxylation is 1. The number of imidazole rings is 1. The summed E-state index contributed by atoms with van der Waals surface area (Å²) in [4.78, 5) is 14.5. The number of rotatable bonds is 4. The maximum absolute atomic E-state index is 11.0. The van der Waals surface area contributed by atoms with Crippen LogP contribution in [0, 0.1) is 23.0 Å². The summed E-state index contributed by atoms with van der Waals surface area (Å²) < 4.78 is 1.70. The van der Waals surface area contributed by atoms with Crippen LogP contribution < -0.4 is 5.32 Å². The number of nitrogens with zero attached hydrogens (tertiary/aromatic N) is 3. The summed E-state index contributed by atoms with van der Waals surface area (Å²) in [7, 11) is 1.76. The van der Waals surface area contributed by atoms with Crippen molar-refractivity contribution in [2.45, 2.75) is 38.6 Å².